The molecule has 3 heterocycles. The molecule has 7 rings (SSSR count). The predicted molar refractivity (Wildman–Crippen MR) is 128 cm³/mol. The zero-order valence-electron chi connectivity index (χ0n) is 20.2. The molecule has 7 nitrogen and oxygen atoms in total. The highest BCUT2D eigenvalue weighted by molar-refractivity contribution is 5.93. The van der Waals surface area contributed by atoms with E-state index in [9.17, 15) is 9.59 Å². The zero-order valence-corrected chi connectivity index (χ0v) is 20.2. The van der Waals surface area contributed by atoms with Gasteiger partial charge < -0.3 is 15.0 Å². The summed E-state index contributed by atoms with van der Waals surface area (Å²) in [6.45, 7) is 2.13. The number of aromatic nitrogens is 2. The molecular formula is C27H36N4O3. The molecule has 0 radical (unpaired) electrons. The average molecular weight is 465 g/mol. The van der Waals surface area contributed by atoms with E-state index in [0.717, 1.165) is 43.7 Å². The van der Waals surface area contributed by atoms with E-state index in [2.05, 4.69) is 10.3 Å². The zero-order chi connectivity index (χ0) is 23.3. The highest BCUT2D eigenvalue weighted by Crippen LogP contribution is 2.59. The number of hydrogen-bond acceptors (Lipinski definition) is 4. The van der Waals surface area contributed by atoms with Crippen LogP contribution >= 0.6 is 0 Å². The van der Waals surface area contributed by atoms with Gasteiger partial charge in [0.1, 0.15) is 11.3 Å². The number of imidazole rings is 1. The number of pyridine rings is 1. The molecular weight excluding hydrogens is 428 g/mol. The smallest absolute Gasteiger partial charge is 0.268 e. The van der Waals surface area contributed by atoms with Crippen LogP contribution in [0.5, 0.6) is 0 Å². The van der Waals surface area contributed by atoms with Crippen molar-refractivity contribution in [1.29, 1.82) is 0 Å². The fourth-order valence-electron chi connectivity index (χ4n) is 7.98. The second kappa shape index (κ2) is 8.67. The van der Waals surface area contributed by atoms with Crippen LogP contribution in [-0.4, -0.2) is 58.9 Å². The van der Waals surface area contributed by atoms with Gasteiger partial charge in [0.25, 0.3) is 5.91 Å². The molecule has 4 bridgehead atoms. The van der Waals surface area contributed by atoms with Crippen molar-refractivity contribution in [3.8, 4) is 0 Å². The minimum atomic E-state index is -0.0451. The molecule has 1 atom stereocenters. The lowest BCUT2D eigenvalue weighted by atomic mass is 9.49. The molecule has 2 amide bonds. The van der Waals surface area contributed by atoms with Crippen LogP contribution in [0, 0.1) is 23.2 Å². The Hall–Kier alpha value is -2.41. The summed E-state index contributed by atoms with van der Waals surface area (Å²) in [5.41, 5.74) is 2.31. The highest BCUT2D eigenvalue weighted by atomic mass is 16.5. The van der Waals surface area contributed by atoms with Gasteiger partial charge in [0, 0.05) is 26.4 Å². The van der Waals surface area contributed by atoms with E-state index in [1.54, 1.807) is 7.11 Å². The number of rotatable bonds is 7. The Kier molecular flexibility index (Phi) is 5.63. The van der Waals surface area contributed by atoms with E-state index in [1.807, 2.05) is 33.7 Å². The third-order valence-electron chi connectivity index (χ3n) is 8.95. The van der Waals surface area contributed by atoms with Crippen molar-refractivity contribution in [3.05, 3.63) is 35.8 Å². The Labute approximate surface area is 201 Å². The summed E-state index contributed by atoms with van der Waals surface area (Å²) >= 11 is 0. The van der Waals surface area contributed by atoms with Crippen LogP contribution in [0.4, 0.5) is 0 Å². The van der Waals surface area contributed by atoms with E-state index < -0.39 is 0 Å². The number of carbonyl (C=O) groups is 2. The first-order chi connectivity index (χ1) is 16.5. The molecule has 7 heteroatoms. The van der Waals surface area contributed by atoms with Gasteiger partial charge in [0.2, 0.25) is 5.91 Å². The number of fused-ring (bicyclic) bond motifs is 1. The summed E-state index contributed by atoms with van der Waals surface area (Å²) in [7, 11) is 1.68. The summed E-state index contributed by atoms with van der Waals surface area (Å²) < 4.78 is 7.13. The fourth-order valence-corrected chi connectivity index (χ4v) is 7.98. The van der Waals surface area contributed by atoms with Gasteiger partial charge in [-0.05, 0) is 86.7 Å². The third-order valence-corrected chi connectivity index (χ3v) is 8.95. The third kappa shape index (κ3) is 4.02. The molecule has 0 spiro atoms. The quantitative estimate of drug-likeness (QED) is 0.681. The van der Waals surface area contributed by atoms with Gasteiger partial charge in [-0.25, -0.2) is 4.98 Å². The van der Waals surface area contributed by atoms with Crippen molar-refractivity contribution >= 4 is 17.5 Å². The second-order valence-corrected chi connectivity index (χ2v) is 11.5. The summed E-state index contributed by atoms with van der Waals surface area (Å²) in [4.78, 5) is 32.8. The van der Waals surface area contributed by atoms with Gasteiger partial charge in [-0.3, -0.25) is 14.0 Å². The molecule has 0 unspecified atom stereocenters. The summed E-state index contributed by atoms with van der Waals surface area (Å²) in [6, 6.07) is 5.78. The molecule has 34 heavy (non-hydrogen) atoms. The van der Waals surface area contributed by atoms with E-state index in [1.165, 1.54) is 38.5 Å². The lowest BCUT2D eigenvalue weighted by Gasteiger charge is -2.56. The van der Waals surface area contributed by atoms with Crippen LogP contribution in [-0.2, 0) is 16.0 Å². The fraction of sp³-hybridized carbons (Fsp3) is 0.667. The first-order valence-corrected chi connectivity index (χ1v) is 13.1. The van der Waals surface area contributed by atoms with Crippen molar-refractivity contribution in [2.75, 3.05) is 26.8 Å². The van der Waals surface area contributed by atoms with Crippen LogP contribution in [0.2, 0.25) is 0 Å². The molecule has 4 saturated carbocycles. The topological polar surface area (TPSA) is 75.9 Å². The first-order valence-electron chi connectivity index (χ1n) is 13.1. The number of amides is 2. The number of nitrogens with zero attached hydrogens (tertiary/aromatic N) is 3. The van der Waals surface area contributed by atoms with Crippen molar-refractivity contribution in [2.45, 2.75) is 63.8 Å². The number of carbonyl (C=O) groups excluding carboxylic acids is 2. The SMILES string of the molecule is COC[C@H]1CCCN1C(=O)Cc1cn2c(C(=O)NCC34CC5CC(CC(C5)C3)C4)cccc2n1. The largest absolute Gasteiger partial charge is 0.383 e. The van der Waals surface area contributed by atoms with Crippen LogP contribution in [0.25, 0.3) is 5.65 Å². The molecule has 2 aromatic heterocycles. The standard InChI is InChI=1S/C27H36N4O3/c1-34-16-22-4-3-7-30(22)25(32)11-21-15-31-23(5-2-6-24(31)29-21)26(33)28-17-27-12-18-8-19(13-27)10-20(9-18)14-27/h2,5-6,15,18-20,22H,3-4,7-14,16-17H2,1H3,(H,28,33)/t18?,19?,20?,22-,27?/m1/s1. The summed E-state index contributed by atoms with van der Waals surface area (Å²) in [5, 5.41) is 3.29. The number of methoxy groups -OCH3 is 1. The monoisotopic (exact) mass is 464 g/mol. The minimum Gasteiger partial charge on any atom is -0.383 e. The van der Waals surface area contributed by atoms with Gasteiger partial charge >= 0.3 is 0 Å². The lowest BCUT2D eigenvalue weighted by Crippen LogP contribution is -2.51. The molecule has 5 aliphatic rings. The predicted octanol–water partition coefficient (Wildman–Crippen LogP) is 3.46. The van der Waals surface area contributed by atoms with Crippen molar-refractivity contribution < 1.29 is 14.3 Å². The van der Waals surface area contributed by atoms with Crippen molar-refractivity contribution in [1.82, 2.24) is 19.6 Å². The maximum atomic E-state index is 13.3. The summed E-state index contributed by atoms with van der Waals surface area (Å²) in [6.07, 6.45) is 12.2. The number of likely N-dealkylation sites (tertiary alicyclic amines) is 1. The second-order valence-electron chi connectivity index (χ2n) is 11.5. The van der Waals surface area contributed by atoms with Gasteiger partial charge in [0.05, 0.1) is 24.8 Å². The Morgan fingerprint density at radius 1 is 1.15 bits per heavy atom. The lowest BCUT2D eigenvalue weighted by molar-refractivity contribution is -0.132. The number of nitrogens with one attached hydrogen (secondary N) is 1. The Morgan fingerprint density at radius 3 is 2.59 bits per heavy atom. The Bertz CT molecular complexity index is 1060. The van der Waals surface area contributed by atoms with E-state index in [4.69, 9.17) is 4.74 Å². The van der Waals surface area contributed by atoms with Crippen LogP contribution in [0.3, 0.4) is 0 Å². The maximum Gasteiger partial charge on any atom is 0.268 e. The molecule has 182 valence electrons. The molecule has 2 aromatic rings. The molecule has 0 aromatic carbocycles. The van der Waals surface area contributed by atoms with Gasteiger partial charge in [0.15, 0.2) is 0 Å². The van der Waals surface area contributed by atoms with E-state index in [0.29, 0.717) is 29.1 Å². The van der Waals surface area contributed by atoms with Crippen LogP contribution < -0.4 is 5.32 Å². The molecule has 1 aliphatic heterocycles. The van der Waals surface area contributed by atoms with Crippen LogP contribution in [0.1, 0.15) is 67.5 Å². The number of ether oxygens (including phenoxy) is 1. The minimum absolute atomic E-state index is 0.0451. The van der Waals surface area contributed by atoms with E-state index in [-0.39, 0.29) is 24.3 Å². The Morgan fingerprint density at radius 2 is 1.88 bits per heavy atom. The molecule has 5 fully saturated rings. The Balaban J connectivity index is 1.15. The van der Waals surface area contributed by atoms with Gasteiger partial charge in [-0.2, -0.15) is 0 Å². The maximum absolute atomic E-state index is 13.3. The number of hydrogen-bond donors (Lipinski definition) is 1. The van der Waals surface area contributed by atoms with Crippen molar-refractivity contribution in [3.63, 3.8) is 0 Å². The van der Waals surface area contributed by atoms with Gasteiger partial charge in [-0.1, -0.05) is 6.07 Å². The van der Waals surface area contributed by atoms with E-state index >= 15 is 0 Å². The highest BCUT2D eigenvalue weighted by Gasteiger charge is 2.50. The first kappa shape index (κ1) is 22.1. The molecule has 1 saturated heterocycles. The van der Waals surface area contributed by atoms with Crippen molar-refractivity contribution in [2.24, 2.45) is 23.2 Å². The average Bonchev–Trinajstić information content (AvgIpc) is 3.43. The normalized spacial score (nSPS) is 32.0. The molecule has 1 N–H and O–H groups in total. The molecule has 4 aliphatic carbocycles. The summed E-state index contributed by atoms with van der Waals surface area (Å²) in [5.74, 6) is 2.66. The van der Waals surface area contributed by atoms with Crippen LogP contribution in [0.15, 0.2) is 24.4 Å². The van der Waals surface area contributed by atoms with Gasteiger partial charge in [-0.15, -0.1) is 0 Å².